The predicted octanol–water partition coefficient (Wildman–Crippen LogP) is 3.06. The molecule has 1 aromatic heterocycles. The number of hydrogen-bond acceptors (Lipinski definition) is 4. The fourth-order valence-electron chi connectivity index (χ4n) is 1.24. The first kappa shape index (κ1) is 13.4. The van der Waals surface area contributed by atoms with Gasteiger partial charge in [-0.25, -0.2) is 4.98 Å². The van der Waals surface area contributed by atoms with Crippen molar-refractivity contribution in [2.45, 2.75) is 5.16 Å². The first-order chi connectivity index (χ1) is 8.58. The zero-order chi connectivity index (χ0) is 13.1. The van der Waals surface area contributed by atoms with Crippen molar-refractivity contribution in [2.75, 3.05) is 5.75 Å². The largest absolute Gasteiger partial charge is 0.481 e. The van der Waals surface area contributed by atoms with Gasteiger partial charge >= 0.3 is 5.97 Å². The van der Waals surface area contributed by atoms with E-state index in [0.717, 1.165) is 16.2 Å². The number of carbonyl (C=O) groups is 1. The lowest BCUT2D eigenvalue weighted by atomic mass is 10.2. The molecule has 0 aliphatic heterocycles. The monoisotopic (exact) mass is 347 g/mol. The summed E-state index contributed by atoms with van der Waals surface area (Å²) in [6.07, 6.45) is 0. The number of carboxylic acids is 1. The van der Waals surface area contributed by atoms with Gasteiger partial charge in [-0.3, -0.25) is 9.89 Å². The summed E-state index contributed by atoms with van der Waals surface area (Å²) in [4.78, 5) is 14.6. The molecule has 1 aromatic carbocycles. The number of H-pyrrole nitrogens is 1. The van der Waals surface area contributed by atoms with Crippen LogP contribution in [-0.4, -0.2) is 32.0 Å². The minimum absolute atomic E-state index is 0.0799. The Morgan fingerprint density at radius 2 is 2.33 bits per heavy atom. The van der Waals surface area contributed by atoms with E-state index in [4.69, 9.17) is 16.7 Å². The third-order valence-electron chi connectivity index (χ3n) is 2.00. The van der Waals surface area contributed by atoms with Gasteiger partial charge < -0.3 is 5.11 Å². The molecule has 0 spiro atoms. The number of halogens is 2. The SMILES string of the molecule is O=C(O)CSc1n[nH]c(-c2cccc(Br)c2Cl)n1. The van der Waals surface area contributed by atoms with Crippen LogP contribution in [0.3, 0.4) is 0 Å². The standard InChI is InChI=1S/C10H7BrClN3O2S/c11-6-3-1-2-5(8(6)12)9-13-10(15-14-9)18-4-7(16)17/h1-3H,4H2,(H,16,17)(H,13,14,15). The number of hydrogen-bond donors (Lipinski definition) is 2. The molecule has 5 nitrogen and oxygen atoms in total. The molecule has 8 heteroatoms. The van der Waals surface area contributed by atoms with Gasteiger partial charge in [0.1, 0.15) is 0 Å². The van der Waals surface area contributed by atoms with Crippen LogP contribution in [0.1, 0.15) is 0 Å². The van der Waals surface area contributed by atoms with Crippen molar-refractivity contribution in [3.63, 3.8) is 0 Å². The van der Waals surface area contributed by atoms with E-state index in [0.29, 0.717) is 21.6 Å². The van der Waals surface area contributed by atoms with E-state index in [2.05, 4.69) is 31.1 Å². The van der Waals surface area contributed by atoms with E-state index in [1.54, 1.807) is 6.07 Å². The normalized spacial score (nSPS) is 10.6. The number of carboxylic acid groups (broad SMARTS) is 1. The molecule has 2 N–H and O–H groups in total. The lowest BCUT2D eigenvalue weighted by Gasteiger charge is -2.01. The minimum atomic E-state index is -0.910. The zero-order valence-electron chi connectivity index (χ0n) is 8.85. The van der Waals surface area contributed by atoms with Crippen molar-refractivity contribution >= 4 is 45.3 Å². The Labute approximate surface area is 120 Å². The van der Waals surface area contributed by atoms with Crippen LogP contribution in [0.15, 0.2) is 27.8 Å². The van der Waals surface area contributed by atoms with Gasteiger partial charge in [0.15, 0.2) is 5.82 Å². The first-order valence-electron chi connectivity index (χ1n) is 4.79. The van der Waals surface area contributed by atoms with Gasteiger partial charge in [0.2, 0.25) is 5.16 Å². The summed E-state index contributed by atoms with van der Waals surface area (Å²) in [5.74, 6) is -0.482. The number of benzene rings is 1. The number of thioether (sulfide) groups is 1. The minimum Gasteiger partial charge on any atom is -0.481 e. The van der Waals surface area contributed by atoms with Gasteiger partial charge in [0.05, 0.1) is 10.8 Å². The van der Waals surface area contributed by atoms with Crippen LogP contribution in [0.25, 0.3) is 11.4 Å². The summed E-state index contributed by atoms with van der Waals surface area (Å²) in [6, 6.07) is 5.46. The highest BCUT2D eigenvalue weighted by atomic mass is 79.9. The molecule has 0 saturated carbocycles. The van der Waals surface area contributed by atoms with Gasteiger partial charge in [-0.2, -0.15) is 0 Å². The highest BCUT2D eigenvalue weighted by molar-refractivity contribution is 9.10. The molecule has 0 fully saturated rings. The van der Waals surface area contributed by atoms with Crippen molar-refractivity contribution in [1.29, 1.82) is 0 Å². The summed E-state index contributed by atoms with van der Waals surface area (Å²) >= 11 is 10.5. The number of aromatic amines is 1. The van der Waals surface area contributed by atoms with E-state index < -0.39 is 5.97 Å². The summed E-state index contributed by atoms with van der Waals surface area (Å²) in [7, 11) is 0. The Morgan fingerprint density at radius 3 is 3.06 bits per heavy atom. The van der Waals surface area contributed by atoms with Crippen molar-refractivity contribution < 1.29 is 9.90 Å². The van der Waals surface area contributed by atoms with Crippen LogP contribution in [0.5, 0.6) is 0 Å². The highest BCUT2D eigenvalue weighted by Gasteiger charge is 2.12. The zero-order valence-corrected chi connectivity index (χ0v) is 12.0. The predicted molar refractivity (Wildman–Crippen MR) is 72.9 cm³/mol. The highest BCUT2D eigenvalue weighted by Crippen LogP contribution is 2.32. The second-order valence-electron chi connectivity index (χ2n) is 3.25. The van der Waals surface area contributed by atoms with Crippen LogP contribution in [0, 0.1) is 0 Å². The molecule has 0 aliphatic carbocycles. The molecule has 2 rings (SSSR count). The van der Waals surface area contributed by atoms with Crippen LogP contribution in [0.4, 0.5) is 0 Å². The van der Waals surface area contributed by atoms with Crippen LogP contribution >= 0.6 is 39.3 Å². The molecule has 1 heterocycles. The Morgan fingerprint density at radius 1 is 1.56 bits per heavy atom. The first-order valence-corrected chi connectivity index (χ1v) is 6.95. The number of rotatable bonds is 4. The molecule has 0 unspecified atom stereocenters. The van der Waals surface area contributed by atoms with Crippen molar-refractivity contribution in [1.82, 2.24) is 15.2 Å². The Balaban J connectivity index is 2.24. The molecule has 0 saturated heterocycles. The molecular weight excluding hydrogens is 342 g/mol. The molecule has 0 amide bonds. The molecule has 94 valence electrons. The van der Waals surface area contributed by atoms with Gasteiger partial charge in [0.25, 0.3) is 0 Å². The number of aliphatic carboxylic acids is 1. The third-order valence-corrected chi connectivity index (χ3v) is 4.12. The molecule has 2 aromatic rings. The van der Waals surface area contributed by atoms with Crippen LogP contribution in [-0.2, 0) is 4.79 Å². The molecule has 0 aliphatic rings. The summed E-state index contributed by atoms with van der Waals surface area (Å²) in [6.45, 7) is 0. The lowest BCUT2D eigenvalue weighted by Crippen LogP contribution is -1.97. The van der Waals surface area contributed by atoms with E-state index in [-0.39, 0.29) is 5.75 Å². The van der Waals surface area contributed by atoms with Crippen molar-refractivity contribution in [3.8, 4) is 11.4 Å². The second-order valence-corrected chi connectivity index (χ2v) is 5.43. The molecule has 0 bridgehead atoms. The average molecular weight is 349 g/mol. The Bertz CT molecular complexity index is 590. The van der Waals surface area contributed by atoms with Crippen molar-refractivity contribution in [2.24, 2.45) is 0 Å². The summed E-state index contributed by atoms with van der Waals surface area (Å²) in [5, 5.41) is 16.1. The van der Waals surface area contributed by atoms with Gasteiger partial charge in [-0.1, -0.05) is 29.4 Å². The number of nitrogens with one attached hydrogen (secondary N) is 1. The van der Waals surface area contributed by atoms with Gasteiger partial charge in [-0.05, 0) is 28.1 Å². The fourth-order valence-corrected chi connectivity index (χ4v) is 2.34. The van der Waals surface area contributed by atoms with E-state index in [1.165, 1.54) is 0 Å². The van der Waals surface area contributed by atoms with E-state index in [1.807, 2.05) is 12.1 Å². The maximum absolute atomic E-state index is 10.4. The molecule has 0 radical (unpaired) electrons. The van der Waals surface area contributed by atoms with Gasteiger partial charge in [0, 0.05) is 10.0 Å². The maximum Gasteiger partial charge on any atom is 0.313 e. The smallest absolute Gasteiger partial charge is 0.313 e. The summed E-state index contributed by atoms with van der Waals surface area (Å²) < 4.78 is 0.762. The van der Waals surface area contributed by atoms with E-state index in [9.17, 15) is 4.79 Å². The van der Waals surface area contributed by atoms with Crippen LogP contribution < -0.4 is 0 Å². The third kappa shape index (κ3) is 3.04. The number of aromatic nitrogens is 3. The second kappa shape index (κ2) is 5.73. The molecule has 18 heavy (non-hydrogen) atoms. The summed E-state index contributed by atoms with van der Waals surface area (Å²) in [5.41, 5.74) is 0.709. The number of nitrogens with zero attached hydrogens (tertiary/aromatic N) is 2. The Kier molecular flexibility index (Phi) is 4.26. The fraction of sp³-hybridized carbons (Fsp3) is 0.100. The quantitative estimate of drug-likeness (QED) is 0.830. The lowest BCUT2D eigenvalue weighted by molar-refractivity contribution is -0.133. The van der Waals surface area contributed by atoms with Crippen molar-refractivity contribution in [3.05, 3.63) is 27.7 Å². The molecule has 0 atom stereocenters. The Hall–Kier alpha value is -1.05. The van der Waals surface area contributed by atoms with Crippen LogP contribution in [0.2, 0.25) is 5.02 Å². The molecular formula is C10H7BrClN3O2S. The topological polar surface area (TPSA) is 78.9 Å². The van der Waals surface area contributed by atoms with E-state index >= 15 is 0 Å². The average Bonchev–Trinajstić information content (AvgIpc) is 2.78. The van der Waals surface area contributed by atoms with Gasteiger partial charge in [-0.15, -0.1) is 5.10 Å². The maximum atomic E-state index is 10.4.